The Hall–Kier alpha value is -1.67. The van der Waals surface area contributed by atoms with Crippen molar-refractivity contribution in [3.05, 3.63) is 47.6 Å². The molecule has 0 aliphatic heterocycles. The molecule has 0 amide bonds. The van der Waals surface area contributed by atoms with Crippen LogP contribution in [0.2, 0.25) is 0 Å². The predicted octanol–water partition coefficient (Wildman–Crippen LogP) is 4.83. The first-order valence-electron chi connectivity index (χ1n) is 6.83. The summed E-state index contributed by atoms with van der Waals surface area (Å²) in [7, 11) is -3.58. The quantitative estimate of drug-likeness (QED) is 0.664. The van der Waals surface area contributed by atoms with Crippen LogP contribution in [0.3, 0.4) is 0 Å². The molecule has 2 aromatic rings. The van der Waals surface area contributed by atoms with Gasteiger partial charge in [0.1, 0.15) is 0 Å². The van der Waals surface area contributed by atoms with E-state index in [1.165, 1.54) is 0 Å². The maximum atomic E-state index is 12.6. The van der Waals surface area contributed by atoms with E-state index in [9.17, 15) is 21.6 Å². The first-order chi connectivity index (χ1) is 10.9. The van der Waals surface area contributed by atoms with E-state index >= 15 is 0 Å². The van der Waals surface area contributed by atoms with E-state index in [0.29, 0.717) is 5.69 Å². The third kappa shape index (κ3) is 4.90. The molecule has 0 unspecified atom stereocenters. The number of hydrogen-bond donors (Lipinski definition) is 0. The topological polar surface area (TPSA) is 47.0 Å². The Balaban J connectivity index is 1.98. The molecule has 3 nitrogen and oxygen atoms in total. The van der Waals surface area contributed by atoms with Crippen LogP contribution in [-0.4, -0.2) is 19.2 Å². The highest BCUT2D eigenvalue weighted by atomic mass is 32.2. The van der Waals surface area contributed by atoms with Crippen molar-refractivity contribution in [2.75, 3.05) is 5.75 Å². The fourth-order valence-corrected chi connectivity index (χ4v) is 4.42. The maximum Gasteiger partial charge on any atom is 0.301 e. The van der Waals surface area contributed by atoms with Gasteiger partial charge in [-0.05, 0) is 12.8 Å². The number of sulfone groups is 1. The lowest BCUT2D eigenvalue weighted by atomic mass is 10.2. The van der Waals surface area contributed by atoms with E-state index in [0.717, 1.165) is 16.9 Å². The highest BCUT2D eigenvalue weighted by molar-refractivity contribution is 7.93. The maximum absolute atomic E-state index is 12.6. The molecule has 1 aromatic carbocycles. The zero-order valence-electron chi connectivity index (χ0n) is 12.0. The lowest BCUT2D eigenvalue weighted by Gasteiger charge is -2.00. The third-order valence-corrected chi connectivity index (χ3v) is 6.22. The fraction of sp³-hybridized carbons (Fsp3) is 0.267. The van der Waals surface area contributed by atoms with Crippen LogP contribution in [0, 0.1) is 0 Å². The minimum absolute atomic E-state index is 0.0101. The van der Waals surface area contributed by atoms with Crippen molar-refractivity contribution in [3.63, 3.8) is 0 Å². The lowest BCUT2D eigenvalue weighted by molar-refractivity contribution is 0.368. The molecule has 0 N–H and O–H groups in total. The summed E-state index contributed by atoms with van der Waals surface area (Å²) in [6, 6.07) is 9.16. The van der Waals surface area contributed by atoms with E-state index in [2.05, 4.69) is 4.98 Å². The van der Waals surface area contributed by atoms with Crippen LogP contribution < -0.4 is 0 Å². The summed E-state index contributed by atoms with van der Waals surface area (Å²) < 4.78 is 60.7. The number of halogens is 3. The molecule has 0 atom stereocenters. The van der Waals surface area contributed by atoms with Crippen LogP contribution in [0.4, 0.5) is 13.2 Å². The Labute approximate surface area is 136 Å². The van der Waals surface area contributed by atoms with Crippen LogP contribution in [0.25, 0.3) is 11.3 Å². The first kappa shape index (κ1) is 17.7. The monoisotopic (exact) mass is 361 g/mol. The summed E-state index contributed by atoms with van der Waals surface area (Å²) in [5, 5.41) is 1.66. The van der Waals surface area contributed by atoms with Gasteiger partial charge in [-0.25, -0.2) is 17.8 Å². The number of hydrogen-bond acceptors (Lipinski definition) is 4. The van der Waals surface area contributed by atoms with Gasteiger partial charge in [0, 0.05) is 17.4 Å². The van der Waals surface area contributed by atoms with Crippen molar-refractivity contribution in [1.29, 1.82) is 0 Å². The van der Waals surface area contributed by atoms with Crippen LogP contribution in [0.15, 0.2) is 52.0 Å². The Bertz CT molecular complexity index is 782. The average Bonchev–Trinajstić information content (AvgIpc) is 3.03. The molecule has 23 heavy (non-hydrogen) atoms. The van der Waals surface area contributed by atoms with Gasteiger partial charge in [-0.2, -0.15) is 8.78 Å². The molecule has 0 saturated carbocycles. The van der Waals surface area contributed by atoms with E-state index in [1.807, 2.05) is 30.3 Å². The Morgan fingerprint density at radius 2 is 1.78 bits per heavy atom. The molecule has 0 spiro atoms. The molecular weight excluding hydrogens is 347 g/mol. The molecule has 1 aromatic heterocycles. The van der Waals surface area contributed by atoms with E-state index in [-0.39, 0.29) is 22.9 Å². The van der Waals surface area contributed by atoms with Crippen LogP contribution in [0.5, 0.6) is 0 Å². The van der Waals surface area contributed by atoms with Gasteiger partial charge < -0.3 is 0 Å². The zero-order chi connectivity index (χ0) is 16.9. The molecule has 0 aliphatic rings. The molecule has 2 rings (SSSR count). The second-order valence-corrected chi connectivity index (χ2v) is 7.95. The minimum atomic E-state index is -3.58. The molecule has 1 heterocycles. The van der Waals surface area contributed by atoms with Gasteiger partial charge in [0.15, 0.2) is 5.83 Å². The van der Waals surface area contributed by atoms with E-state index in [1.54, 1.807) is 5.38 Å². The highest BCUT2D eigenvalue weighted by Crippen LogP contribution is 2.26. The summed E-state index contributed by atoms with van der Waals surface area (Å²) >= 11 is 1.02. The van der Waals surface area contributed by atoms with E-state index in [4.69, 9.17) is 0 Å². The highest BCUT2D eigenvalue weighted by Gasteiger charge is 2.19. The van der Waals surface area contributed by atoms with Gasteiger partial charge in [0.05, 0.1) is 11.4 Å². The number of thiazole rings is 1. The van der Waals surface area contributed by atoms with Gasteiger partial charge in [0.2, 0.25) is 14.2 Å². The summed E-state index contributed by atoms with van der Waals surface area (Å²) in [4.78, 5) is 4.12. The predicted molar refractivity (Wildman–Crippen MR) is 83.8 cm³/mol. The van der Waals surface area contributed by atoms with Crippen LogP contribution >= 0.6 is 11.3 Å². The van der Waals surface area contributed by atoms with Crippen molar-refractivity contribution in [2.45, 2.75) is 23.6 Å². The second kappa shape index (κ2) is 7.74. The number of benzene rings is 1. The molecule has 0 aliphatic carbocycles. The first-order valence-corrected chi connectivity index (χ1v) is 9.36. The lowest BCUT2D eigenvalue weighted by Crippen LogP contribution is -2.06. The summed E-state index contributed by atoms with van der Waals surface area (Å²) in [6.07, 6.45) is -2.66. The fourth-order valence-electron chi connectivity index (χ4n) is 1.90. The second-order valence-electron chi connectivity index (χ2n) is 4.81. The number of allylic oxidation sites excluding steroid dienone is 1. The Morgan fingerprint density at radius 1 is 1.09 bits per heavy atom. The largest absolute Gasteiger partial charge is 0.301 e. The summed E-state index contributed by atoms with van der Waals surface area (Å²) in [6.45, 7) is 0. The van der Waals surface area contributed by atoms with Crippen molar-refractivity contribution >= 4 is 21.2 Å². The van der Waals surface area contributed by atoms with Gasteiger partial charge >= 0.3 is 6.08 Å². The molecule has 8 heteroatoms. The zero-order valence-corrected chi connectivity index (χ0v) is 13.6. The summed E-state index contributed by atoms with van der Waals surface area (Å²) in [5.74, 6) is -1.72. The van der Waals surface area contributed by atoms with Crippen molar-refractivity contribution in [3.8, 4) is 11.3 Å². The smallest absolute Gasteiger partial charge is 0.225 e. The Morgan fingerprint density at radius 3 is 2.43 bits per heavy atom. The van der Waals surface area contributed by atoms with Gasteiger partial charge in [-0.3, -0.25) is 0 Å². The van der Waals surface area contributed by atoms with Crippen molar-refractivity contribution in [2.24, 2.45) is 0 Å². The number of aromatic nitrogens is 1. The molecular formula is C15H14F3NO2S2. The third-order valence-electron chi connectivity index (χ3n) is 3.08. The van der Waals surface area contributed by atoms with Gasteiger partial charge in [-0.15, -0.1) is 11.3 Å². The average molecular weight is 361 g/mol. The molecule has 0 fully saturated rings. The molecule has 0 radical (unpaired) electrons. The number of nitrogens with zero attached hydrogens (tertiary/aromatic N) is 1. The number of unbranched alkanes of at least 4 members (excludes halogenated alkanes) is 1. The van der Waals surface area contributed by atoms with Crippen LogP contribution in [-0.2, 0) is 9.84 Å². The van der Waals surface area contributed by atoms with Gasteiger partial charge in [0.25, 0.3) is 0 Å². The van der Waals surface area contributed by atoms with Crippen LogP contribution in [0.1, 0.15) is 19.3 Å². The molecule has 0 bridgehead atoms. The standard InChI is InChI=1S/C15H14F3NO2S2/c16-12(14(17)18)8-4-5-9-23(20,21)15-19-13(10-22-15)11-6-2-1-3-7-11/h1-3,6-7,10H,4-5,8-9H2. The Kier molecular flexibility index (Phi) is 5.95. The van der Waals surface area contributed by atoms with Gasteiger partial charge in [-0.1, -0.05) is 30.3 Å². The van der Waals surface area contributed by atoms with E-state index < -0.39 is 28.2 Å². The van der Waals surface area contributed by atoms with Crippen molar-refractivity contribution in [1.82, 2.24) is 4.98 Å². The van der Waals surface area contributed by atoms with Crippen molar-refractivity contribution < 1.29 is 21.6 Å². The molecule has 0 saturated heterocycles. The SMILES string of the molecule is O=S(=O)(CCCCC(F)=C(F)F)c1nc(-c2ccccc2)cs1. The number of rotatable bonds is 7. The minimum Gasteiger partial charge on any atom is -0.225 e. The molecule has 124 valence electrons. The normalized spacial score (nSPS) is 11.4. The summed E-state index contributed by atoms with van der Waals surface area (Å²) in [5.41, 5.74) is 1.39.